The summed E-state index contributed by atoms with van der Waals surface area (Å²) in [6, 6.07) is 0. The van der Waals surface area contributed by atoms with Gasteiger partial charge in [-0.2, -0.15) is 0 Å². The molecule has 34 heavy (non-hydrogen) atoms. The molecule has 8 atom stereocenters. The summed E-state index contributed by atoms with van der Waals surface area (Å²) >= 11 is 0. The number of amides is 1. The Bertz CT molecular complexity index is 759. The molecule has 1 amide bonds. The number of rotatable bonds is 10. The zero-order chi connectivity index (χ0) is 24.3. The molecular weight excluding hydrogens is 438 g/mol. The number of allylic oxidation sites excluding steroid dienone is 1. The van der Waals surface area contributed by atoms with Crippen LogP contribution in [0, 0.1) is 29.6 Å². The van der Waals surface area contributed by atoms with Gasteiger partial charge in [0.2, 0.25) is 0 Å². The van der Waals surface area contributed by atoms with E-state index in [1.54, 1.807) is 14.2 Å². The minimum absolute atomic E-state index is 0.00471. The zero-order valence-electron chi connectivity index (χ0n) is 20.9. The monoisotopic (exact) mass is 479 g/mol. The smallest absolute Gasteiger partial charge is 0.407 e. The molecule has 8 unspecified atom stereocenters. The van der Waals surface area contributed by atoms with Crippen molar-refractivity contribution in [3.8, 4) is 0 Å². The standard InChI is InChI=1S/C26H41NO7/c1-5-6-10-20-21(28)12-17-14-25(20,34-16-31-3)23-13-22(33-15-30-2)18-9-7-8-11-19(18)26(17,23)27-24(29)32-4/h5,17-20,22-23H,1,6-16H2,2-4H3,(H,27,29). The van der Waals surface area contributed by atoms with Crippen LogP contribution in [0.25, 0.3) is 0 Å². The molecule has 0 heterocycles. The Morgan fingerprint density at radius 2 is 1.94 bits per heavy atom. The van der Waals surface area contributed by atoms with Gasteiger partial charge in [-0.25, -0.2) is 4.79 Å². The summed E-state index contributed by atoms with van der Waals surface area (Å²) in [4.78, 5) is 26.5. The van der Waals surface area contributed by atoms with E-state index in [0.717, 1.165) is 38.5 Å². The summed E-state index contributed by atoms with van der Waals surface area (Å²) in [5.41, 5.74) is -1.30. The minimum atomic E-state index is -0.725. The lowest BCUT2D eigenvalue weighted by Crippen LogP contribution is -2.68. The van der Waals surface area contributed by atoms with Crippen molar-refractivity contribution in [2.75, 3.05) is 34.9 Å². The molecule has 4 fully saturated rings. The van der Waals surface area contributed by atoms with E-state index in [1.807, 2.05) is 6.08 Å². The molecule has 8 heteroatoms. The van der Waals surface area contributed by atoms with E-state index in [0.29, 0.717) is 19.3 Å². The first-order valence-electron chi connectivity index (χ1n) is 12.7. The second-order valence-corrected chi connectivity index (χ2v) is 10.5. The van der Waals surface area contributed by atoms with E-state index in [2.05, 4.69) is 11.9 Å². The predicted molar refractivity (Wildman–Crippen MR) is 125 cm³/mol. The molecule has 192 valence electrons. The van der Waals surface area contributed by atoms with Gasteiger partial charge in [0.05, 0.1) is 24.4 Å². The topological polar surface area (TPSA) is 92.3 Å². The molecule has 0 aliphatic heterocycles. The number of carbonyl (C=O) groups excluding carboxylic acids is 2. The second kappa shape index (κ2) is 10.6. The van der Waals surface area contributed by atoms with E-state index in [9.17, 15) is 9.59 Å². The van der Waals surface area contributed by atoms with Crippen LogP contribution in [0.15, 0.2) is 12.7 Å². The summed E-state index contributed by atoms with van der Waals surface area (Å²) < 4.78 is 28.7. The molecule has 0 saturated heterocycles. The van der Waals surface area contributed by atoms with Gasteiger partial charge in [-0.15, -0.1) is 6.58 Å². The van der Waals surface area contributed by atoms with E-state index in [4.69, 9.17) is 23.7 Å². The van der Waals surface area contributed by atoms with Crippen LogP contribution < -0.4 is 5.32 Å². The van der Waals surface area contributed by atoms with Crippen molar-refractivity contribution in [1.82, 2.24) is 5.32 Å². The van der Waals surface area contributed by atoms with Gasteiger partial charge in [-0.05, 0) is 56.3 Å². The Balaban J connectivity index is 1.84. The van der Waals surface area contributed by atoms with Crippen LogP contribution in [0.2, 0.25) is 0 Å². The maximum Gasteiger partial charge on any atom is 0.407 e. The fourth-order valence-electron chi connectivity index (χ4n) is 8.20. The summed E-state index contributed by atoms with van der Waals surface area (Å²) in [6.45, 7) is 4.21. The molecule has 8 nitrogen and oxygen atoms in total. The van der Waals surface area contributed by atoms with Gasteiger partial charge in [0, 0.05) is 32.5 Å². The third kappa shape index (κ3) is 4.10. The number of hydrogen-bond donors (Lipinski definition) is 1. The first-order valence-corrected chi connectivity index (χ1v) is 12.7. The average Bonchev–Trinajstić information content (AvgIpc) is 3.07. The highest BCUT2D eigenvalue weighted by Gasteiger charge is 2.74. The van der Waals surface area contributed by atoms with Gasteiger partial charge in [0.25, 0.3) is 0 Å². The van der Waals surface area contributed by atoms with Crippen LogP contribution in [0.3, 0.4) is 0 Å². The van der Waals surface area contributed by atoms with E-state index >= 15 is 0 Å². The van der Waals surface area contributed by atoms with Crippen LogP contribution in [-0.2, 0) is 28.5 Å². The summed E-state index contributed by atoms with van der Waals surface area (Å²) in [5.74, 6) is 0.322. The van der Waals surface area contributed by atoms with Crippen LogP contribution in [0.5, 0.6) is 0 Å². The fourth-order valence-corrected chi connectivity index (χ4v) is 8.20. The highest BCUT2D eigenvalue weighted by atomic mass is 16.7. The molecule has 0 aromatic rings. The average molecular weight is 480 g/mol. The summed E-state index contributed by atoms with van der Waals surface area (Å²) in [5, 5.41) is 3.35. The maximum atomic E-state index is 13.6. The number of methoxy groups -OCH3 is 3. The molecule has 4 aliphatic rings. The Labute approximate surface area is 203 Å². The first-order chi connectivity index (χ1) is 16.5. The quantitative estimate of drug-likeness (QED) is 0.376. The number of ketones is 1. The number of carbonyl (C=O) groups is 2. The SMILES string of the molecule is C=CCCC1C(=O)CC2CC1(OCOC)C1CC(OCOC)C3CCCCC3C21NC(=O)OC. The van der Waals surface area contributed by atoms with Gasteiger partial charge in [-0.3, -0.25) is 4.79 Å². The normalized spacial score (nSPS) is 40.9. The molecular formula is C26H41NO7. The molecule has 4 rings (SSSR count). The number of alkyl carbamates (subject to hydrolysis) is 1. The molecule has 2 bridgehead atoms. The Morgan fingerprint density at radius 1 is 1.18 bits per heavy atom. The van der Waals surface area contributed by atoms with Crippen molar-refractivity contribution >= 4 is 11.9 Å². The van der Waals surface area contributed by atoms with Crippen molar-refractivity contribution < 1.29 is 33.3 Å². The van der Waals surface area contributed by atoms with Crippen molar-refractivity contribution in [3.63, 3.8) is 0 Å². The molecule has 0 radical (unpaired) electrons. The van der Waals surface area contributed by atoms with Gasteiger partial charge in [0.1, 0.15) is 19.4 Å². The number of Topliss-reactive ketones (excluding diaryl/α,β-unsaturated/α-hetero) is 1. The molecule has 0 spiro atoms. The van der Waals surface area contributed by atoms with Crippen LogP contribution in [0.4, 0.5) is 4.79 Å². The van der Waals surface area contributed by atoms with Gasteiger partial charge >= 0.3 is 6.09 Å². The third-order valence-corrected chi connectivity index (χ3v) is 9.22. The number of hydrogen-bond acceptors (Lipinski definition) is 7. The molecule has 1 N–H and O–H groups in total. The van der Waals surface area contributed by atoms with Crippen LogP contribution >= 0.6 is 0 Å². The number of nitrogens with one attached hydrogen (secondary N) is 1. The fraction of sp³-hybridized carbons (Fsp3) is 0.846. The van der Waals surface area contributed by atoms with Crippen LogP contribution in [-0.4, -0.2) is 64.0 Å². The van der Waals surface area contributed by atoms with Gasteiger partial charge in [-0.1, -0.05) is 18.9 Å². The van der Waals surface area contributed by atoms with E-state index in [1.165, 1.54) is 7.11 Å². The minimum Gasteiger partial charge on any atom is -0.453 e. The lowest BCUT2D eigenvalue weighted by Gasteiger charge is -2.58. The number of fused-ring (bicyclic) bond motifs is 7. The van der Waals surface area contributed by atoms with Crippen molar-refractivity contribution in [3.05, 3.63) is 12.7 Å². The van der Waals surface area contributed by atoms with Gasteiger partial charge < -0.3 is 29.0 Å². The third-order valence-electron chi connectivity index (χ3n) is 9.22. The molecule has 4 aliphatic carbocycles. The first kappa shape index (κ1) is 25.6. The second-order valence-electron chi connectivity index (χ2n) is 10.5. The highest BCUT2D eigenvalue weighted by Crippen LogP contribution is 2.67. The van der Waals surface area contributed by atoms with Crippen molar-refractivity contribution in [2.24, 2.45) is 29.6 Å². The number of ether oxygens (including phenoxy) is 5. The lowest BCUT2D eigenvalue weighted by atomic mass is 9.54. The van der Waals surface area contributed by atoms with E-state index in [-0.39, 0.29) is 55.1 Å². The summed E-state index contributed by atoms with van der Waals surface area (Å²) in [7, 11) is 4.65. The maximum absolute atomic E-state index is 13.6. The largest absolute Gasteiger partial charge is 0.453 e. The highest BCUT2D eigenvalue weighted by molar-refractivity contribution is 5.85. The molecule has 4 saturated carbocycles. The Kier molecular flexibility index (Phi) is 8.02. The predicted octanol–water partition coefficient (Wildman–Crippen LogP) is 3.83. The Morgan fingerprint density at radius 3 is 2.65 bits per heavy atom. The summed E-state index contributed by atoms with van der Waals surface area (Å²) in [6.07, 6.45) is 8.98. The van der Waals surface area contributed by atoms with Crippen molar-refractivity contribution in [2.45, 2.75) is 75.0 Å². The van der Waals surface area contributed by atoms with Gasteiger partial charge in [0.15, 0.2) is 0 Å². The Hall–Kier alpha value is -1.48. The lowest BCUT2D eigenvalue weighted by molar-refractivity contribution is -0.211. The van der Waals surface area contributed by atoms with Crippen molar-refractivity contribution in [1.29, 1.82) is 0 Å². The van der Waals surface area contributed by atoms with E-state index < -0.39 is 17.2 Å². The zero-order valence-corrected chi connectivity index (χ0v) is 20.9. The molecule has 0 aromatic carbocycles. The van der Waals surface area contributed by atoms with Crippen LogP contribution in [0.1, 0.15) is 57.8 Å². The molecule has 0 aromatic heterocycles.